The third-order valence-corrected chi connectivity index (χ3v) is 1.66. The first kappa shape index (κ1) is 12.8. The van der Waals surface area contributed by atoms with Gasteiger partial charge in [0.05, 0.1) is 5.70 Å². The molecule has 1 heterocycles. The maximum absolute atomic E-state index is 5.43. The summed E-state index contributed by atoms with van der Waals surface area (Å²) in [6.07, 6.45) is 7.99. The molecule has 0 saturated carbocycles. The monoisotopic (exact) mass is 195 g/mol. The number of morpholine rings is 1. The Balaban J connectivity index is 0.000000791. The topological polar surface area (TPSA) is 21.3 Å². The van der Waals surface area contributed by atoms with Crippen molar-refractivity contribution >= 4 is 0 Å². The molecule has 1 N–H and O–H groups in total. The van der Waals surface area contributed by atoms with Gasteiger partial charge in [0.1, 0.15) is 12.4 Å². The summed E-state index contributed by atoms with van der Waals surface area (Å²) >= 11 is 0. The molecule has 1 fully saturated rings. The van der Waals surface area contributed by atoms with Crippen LogP contribution >= 0.6 is 0 Å². The first-order chi connectivity index (χ1) is 6.88. The fraction of sp³-hybridized carbons (Fsp3) is 0.500. The molecule has 0 aromatic rings. The molecule has 0 aliphatic carbocycles. The summed E-state index contributed by atoms with van der Waals surface area (Å²) in [5.41, 5.74) is 1.07. The highest BCUT2D eigenvalue weighted by atomic mass is 16.5. The van der Waals surface area contributed by atoms with E-state index in [-0.39, 0.29) is 0 Å². The summed E-state index contributed by atoms with van der Waals surface area (Å²) in [6.45, 7) is 9.62. The van der Waals surface area contributed by atoms with E-state index in [1.807, 2.05) is 52.0 Å². The average Bonchev–Trinajstić information content (AvgIpc) is 2.29. The van der Waals surface area contributed by atoms with Crippen LogP contribution < -0.4 is 5.32 Å². The smallest absolute Gasteiger partial charge is 0.138 e. The van der Waals surface area contributed by atoms with E-state index in [9.17, 15) is 0 Å². The van der Waals surface area contributed by atoms with Gasteiger partial charge in [-0.3, -0.25) is 0 Å². The Morgan fingerprint density at radius 1 is 1.29 bits per heavy atom. The number of rotatable bonds is 1. The summed E-state index contributed by atoms with van der Waals surface area (Å²) in [5, 5.41) is 3.27. The van der Waals surface area contributed by atoms with Gasteiger partial charge in [0.15, 0.2) is 0 Å². The number of allylic oxidation sites excluding steroid dienone is 4. The molecule has 1 aliphatic heterocycles. The molecule has 0 atom stereocenters. The van der Waals surface area contributed by atoms with Crippen LogP contribution in [0, 0.1) is 0 Å². The SMILES string of the molecule is CC.C\C=C/C=C1/NCCO/C1=C/C. The lowest BCUT2D eigenvalue weighted by atomic mass is 10.2. The molecule has 0 unspecified atom stereocenters. The first-order valence-electron chi connectivity index (χ1n) is 5.25. The molecule has 14 heavy (non-hydrogen) atoms. The van der Waals surface area contributed by atoms with Crippen molar-refractivity contribution in [2.75, 3.05) is 13.2 Å². The number of ether oxygens (including phenoxy) is 1. The fourth-order valence-electron chi connectivity index (χ4n) is 1.08. The number of nitrogens with one attached hydrogen (secondary N) is 1. The second-order valence-corrected chi connectivity index (χ2v) is 2.53. The van der Waals surface area contributed by atoms with Gasteiger partial charge in [-0.05, 0) is 26.0 Å². The molecule has 1 aliphatic rings. The Labute approximate surface area is 87.3 Å². The largest absolute Gasteiger partial charge is 0.490 e. The summed E-state index contributed by atoms with van der Waals surface area (Å²) < 4.78 is 5.43. The van der Waals surface area contributed by atoms with Crippen molar-refractivity contribution in [3.05, 3.63) is 35.8 Å². The van der Waals surface area contributed by atoms with Crippen molar-refractivity contribution in [1.29, 1.82) is 0 Å². The average molecular weight is 195 g/mol. The third-order valence-electron chi connectivity index (χ3n) is 1.66. The molecule has 0 bridgehead atoms. The zero-order valence-corrected chi connectivity index (χ0v) is 9.63. The van der Waals surface area contributed by atoms with Gasteiger partial charge in [0.2, 0.25) is 0 Å². The van der Waals surface area contributed by atoms with E-state index >= 15 is 0 Å². The lowest BCUT2D eigenvalue weighted by molar-refractivity contribution is 0.196. The van der Waals surface area contributed by atoms with Crippen LogP contribution in [0.5, 0.6) is 0 Å². The molecule has 80 valence electrons. The van der Waals surface area contributed by atoms with Crippen molar-refractivity contribution in [1.82, 2.24) is 5.32 Å². The normalized spacial score (nSPS) is 21.4. The van der Waals surface area contributed by atoms with Crippen molar-refractivity contribution in [3.8, 4) is 0 Å². The number of hydrogen-bond acceptors (Lipinski definition) is 2. The van der Waals surface area contributed by atoms with Gasteiger partial charge < -0.3 is 10.1 Å². The minimum absolute atomic E-state index is 0.757. The van der Waals surface area contributed by atoms with Crippen molar-refractivity contribution in [2.24, 2.45) is 0 Å². The van der Waals surface area contributed by atoms with Gasteiger partial charge in [0.25, 0.3) is 0 Å². The van der Waals surface area contributed by atoms with Crippen LogP contribution in [0.4, 0.5) is 0 Å². The molecule has 0 amide bonds. The van der Waals surface area contributed by atoms with E-state index in [0.717, 1.165) is 24.6 Å². The lowest BCUT2D eigenvalue weighted by Crippen LogP contribution is -2.27. The Hall–Kier alpha value is -1.18. The van der Waals surface area contributed by atoms with E-state index in [2.05, 4.69) is 5.32 Å². The third kappa shape index (κ3) is 4.17. The van der Waals surface area contributed by atoms with Crippen LogP contribution in [0.15, 0.2) is 35.8 Å². The molecule has 1 saturated heterocycles. The molecule has 2 heteroatoms. The lowest BCUT2D eigenvalue weighted by Gasteiger charge is -2.20. The Bertz CT molecular complexity index is 226. The quantitative estimate of drug-likeness (QED) is 0.694. The van der Waals surface area contributed by atoms with Gasteiger partial charge in [-0.1, -0.05) is 26.0 Å². The predicted octanol–water partition coefficient (Wildman–Crippen LogP) is 3.00. The summed E-state index contributed by atoms with van der Waals surface area (Å²) in [4.78, 5) is 0. The maximum Gasteiger partial charge on any atom is 0.138 e. The van der Waals surface area contributed by atoms with E-state index in [1.54, 1.807) is 0 Å². The highest BCUT2D eigenvalue weighted by molar-refractivity contribution is 5.28. The fourth-order valence-corrected chi connectivity index (χ4v) is 1.08. The predicted molar refractivity (Wildman–Crippen MR) is 62.0 cm³/mol. The van der Waals surface area contributed by atoms with Gasteiger partial charge in [-0.25, -0.2) is 0 Å². The molecule has 0 radical (unpaired) electrons. The highest BCUT2D eigenvalue weighted by Crippen LogP contribution is 2.12. The molecular weight excluding hydrogens is 174 g/mol. The van der Waals surface area contributed by atoms with E-state index in [4.69, 9.17) is 4.74 Å². The Morgan fingerprint density at radius 3 is 2.57 bits per heavy atom. The maximum atomic E-state index is 5.43. The Morgan fingerprint density at radius 2 is 2.00 bits per heavy atom. The van der Waals surface area contributed by atoms with E-state index in [0.29, 0.717) is 0 Å². The second kappa shape index (κ2) is 8.42. The summed E-state index contributed by atoms with van der Waals surface area (Å²) in [5.74, 6) is 0.944. The minimum atomic E-state index is 0.757. The first-order valence-corrected chi connectivity index (χ1v) is 5.25. The standard InChI is InChI=1S/C10H15NO.C2H6/c1-3-5-6-9-10(4-2)12-8-7-11-9;1-2/h3-6,11H,7-8H2,1-2H3;1-2H3/b5-3-,9-6+,10-4+;. The zero-order chi connectivity index (χ0) is 10.8. The molecule has 0 aromatic heterocycles. The van der Waals surface area contributed by atoms with Crippen molar-refractivity contribution in [2.45, 2.75) is 27.7 Å². The van der Waals surface area contributed by atoms with Gasteiger partial charge >= 0.3 is 0 Å². The van der Waals surface area contributed by atoms with Crippen LogP contribution in [-0.4, -0.2) is 13.2 Å². The van der Waals surface area contributed by atoms with E-state index in [1.165, 1.54) is 0 Å². The van der Waals surface area contributed by atoms with Crippen LogP contribution in [-0.2, 0) is 4.74 Å². The second-order valence-electron chi connectivity index (χ2n) is 2.53. The minimum Gasteiger partial charge on any atom is -0.490 e. The number of hydrogen-bond donors (Lipinski definition) is 1. The van der Waals surface area contributed by atoms with Crippen molar-refractivity contribution in [3.63, 3.8) is 0 Å². The van der Waals surface area contributed by atoms with Gasteiger partial charge in [0, 0.05) is 6.54 Å². The van der Waals surface area contributed by atoms with Crippen molar-refractivity contribution < 1.29 is 4.74 Å². The zero-order valence-electron chi connectivity index (χ0n) is 9.63. The summed E-state index contributed by atoms with van der Waals surface area (Å²) in [6, 6.07) is 0. The molecular formula is C12H21NO. The Kier molecular flexibility index (Phi) is 7.71. The molecule has 2 nitrogen and oxygen atoms in total. The van der Waals surface area contributed by atoms with E-state index < -0.39 is 0 Å². The highest BCUT2D eigenvalue weighted by Gasteiger charge is 2.08. The van der Waals surface area contributed by atoms with Crippen LogP contribution in [0.2, 0.25) is 0 Å². The van der Waals surface area contributed by atoms with Crippen LogP contribution in [0.25, 0.3) is 0 Å². The van der Waals surface area contributed by atoms with Crippen LogP contribution in [0.3, 0.4) is 0 Å². The molecule has 0 aromatic carbocycles. The van der Waals surface area contributed by atoms with Crippen LogP contribution in [0.1, 0.15) is 27.7 Å². The summed E-state index contributed by atoms with van der Waals surface area (Å²) in [7, 11) is 0. The van der Waals surface area contributed by atoms with Gasteiger partial charge in [-0.15, -0.1) is 0 Å². The molecule has 1 rings (SSSR count). The van der Waals surface area contributed by atoms with Gasteiger partial charge in [-0.2, -0.15) is 0 Å². The molecule has 0 spiro atoms.